The van der Waals surface area contributed by atoms with E-state index < -0.39 is 27.7 Å². The van der Waals surface area contributed by atoms with Crippen LogP contribution in [-0.2, 0) is 14.6 Å². The van der Waals surface area contributed by atoms with Crippen LogP contribution in [0.4, 0.5) is 10.1 Å². The van der Waals surface area contributed by atoms with Gasteiger partial charge in [-0.3, -0.25) is 4.79 Å². The van der Waals surface area contributed by atoms with Gasteiger partial charge in [-0.2, -0.15) is 0 Å². The zero-order valence-corrected chi connectivity index (χ0v) is 14.5. The molecule has 1 amide bonds. The lowest BCUT2D eigenvalue weighted by atomic mass is 10.3. The maximum absolute atomic E-state index is 12.9. The van der Waals surface area contributed by atoms with Crippen LogP contribution in [0, 0.1) is 5.82 Å². The third-order valence-corrected chi connectivity index (χ3v) is 4.56. The lowest BCUT2D eigenvalue weighted by Crippen LogP contribution is -2.30. The van der Waals surface area contributed by atoms with Crippen molar-refractivity contribution >= 4 is 33.0 Å². The zero-order valence-electron chi connectivity index (χ0n) is 12.9. The van der Waals surface area contributed by atoms with Gasteiger partial charge in [-0.25, -0.2) is 12.8 Å². The first-order valence-electron chi connectivity index (χ1n) is 6.89. The number of ether oxygens (including phenoxy) is 1. The van der Waals surface area contributed by atoms with Crippen molar-refractivity contribution < 1.29 is 22.3 Å². The summed E-state index contributed by atoms with van der Waals surface area (Å²) in [7, 11) is -3.43. The Labute approximate surface area is 144 Å². The summed E-state index contributed by atoms with van der Waals surface area (Å²) >= 11 is 5.98. The summed E-state index contributed by atoms with van der Waals surface area (Å²) < 4.78 is 41.4. The van der Waals surface area contributed by atoms with Gasteiger partial charge in [0, 0.05) is 6.26 Å². The van der Waals surface area contributed by atoms with Gasteiger partial charge in [0.15, 0.2) is 15.9 Å². The molecule has 0 radical (unpaired) electrons. The minimum Gasteiger partial charge on any atom is -0.481 e. The van der Waals surface area contributed by atoms with Crippen LogP contribution in [0.2, 0.25) is 5.02 Å². The molecule has 0 aromatic heterocycles. The van der Waals surface area contributed by atoms with Crippen molar-refractivity contribution in [2.75, 3.05) is 11.6 Å². The molecule has 0 unspecified atom stereocenters. The summed E-state index contributed by atoms with van der Waals surface area (Å²) in [6.07, 6.45) is 0.163. The largest absolute Gasteiger partial charge is 0.481 e. The number of carbonyl (C=O) groups excluding carboxylic acids is 1. The number of anilines is 1. The molecule has 2 aromatic rings. The summed E-state index contributed by atoms with van der Waals surface area (Å²) in [5.41, 5.74) is 0.166. The molecule has 1 N–H and O–H groups in total. The minimum absolute atomic E-state index is 0.0364. The second kappa shape index (κ2) is 7.19. The molecule has 2 aromatic carbocycles. The molecule has 0 spiro atoms. The van der Waals surface area contributed by atoms with E-state index in [1.165, 1.54) is 49.4 Å². The van der Waals surface area contributed by atoms with Gasteiger partial charge in [0.05, 0.1) is 15.6 Å². The minimum atomic E-state index is -3.43. The van der Waals surface area contributed by atoms with Gasteiger partial charge in [0.2, 0.25) is 0 Å². The van der Waals surface area contributed by atoms with E-state index >= 15 is 0 Å². The third kappa shape index (κ3) is 4.69. The average Bonchev–Trinajstić information content (AvgIpc) is 2.50. The highest BCUT2D eigenvalue weighted by atomic mass is 35.5. The molecule has 2 rings (SSSR count). The fourth-order valence-electron chi connectivity index (χ4n) is 1.84. The van der Waals surface area contributed by atoms with Gasteiger partial charge in [-0.1, -0.05) is 11.6 Å². The van der Waals surface area contributed by atoms with Gasteiger partial charge >= 0.3 is 0 Å². The molecular formula is C16H15ClFNO4S. The zero-order chi connectivity index (χ0) is 17.9. The molecule has 1 atom stereocenters. The normalized spacial score (nSPS) is 12.5. The molecule has 0 saturated heterocycles. The molecule has 0 saturated carbocycles. The summed E-state index contributed by atoms with van der Waals surface area (Å²) in [5.74, 6) is -0.606. The van der Waals surface area contributed by atoms with Crippen LogP contribution in [-0.4, -0.2) is 26.7 Å². The predicted molar refractivity (Wildman–Crippen MR) is 89.7 cm³/mol. The molecule has 5 nitrogen and oxygen atoms in total. The Balaban J connectivity index is 2.12. The van der Waals surface area contributed by atoms with Crippen molar-refractivity contribution in [3.63, 3.8) is 0 Å². The fraction of sp³-hybridized carbons (Fsp3) is 0.188. The van der Waals surface area contributed by atoms with Crippen molar-refractivity contribution in [3.8, 4) is 5.75 Å². The number of sulfone groups is 1. The lowest BCUT2D eigenvalue weighted by molar-refractivity contribution is -0.122. The molecule has 0 aliphatic carbocycles. The number of halogens is 2. The molecule has 0 bridgehead atoms. The van der Waals surface area contributed by atoms with Crippen molar-refractivity contribution in [1.29, 1.82) is 0 Å². The summed E-state index contributed by atoms with van der Waals surface area (Å²) in [5, 5.41) is 2.72. The molecule has 0 aliphatic heterocycles. The Morgan fingerprint density at radius 2 is 1.83 bits per heavy atom. The molecule has 128 valence electrons. The summed E-state index contributed by atoms with van der Waals surface area (Å²) in [6, 6.07) is 9.25. The summed E-state index contributed by atoms with van der Waals surface area (Å²) in [4.78, 5) is 12.2. The van der Waals surface area contributed by atoms with E-state index in [9.17, 15) is 17.6 Å². The van der Waals surface area contributed by atoms with E-state index in [1.54, 1.807) is 0 Å². The Morgan fingerprint density at radius 3 is 2.42 bits per heavy atom. The van der Waals surface area contributed by atoms with Crippen LogP contribution in [0.1, 0.15) is 6.92 Å². The summed E-state index contributed by atoms with van der Waals surface area (Å²) in [6.45, 7) is 1.51. The van der Waals surface area contributed by atoms with Gasteiger partial charge in [0.1, 0.15) is 11.6 Å². The van der Waals surface area contributed by atoms with Gasteiger partial charge < -0.3 is 10.1 Å². The van der Waals surface area contributed by atoms with Gasteiger partial charge in [-0.05, 0) is 49.4 Å². The quantitative estimate of drug-likeness (QED) is 0.875. The number of nitrogens with one attached hydrogen (secondary N) is 1. The van der Waals surface area contributed by atoms with E-state index in [2.05, 4.69) is 5.32 Å². The second-order valence-corrected chi connectivity index (χ2v) is 7.54. The molecule has 8 heteroatoms. The monoisotopic (exact) mass is 371 g/mol. The number of rotatable bonds is 5. The van der Waals surface area contributed by atoms with Crippen molar-refractivity contribution in [2.45, 2.75) is 17.9 Å². The number of hydrogen-bond acceptors (Lipinski definition) is 4. The highest BCUT2D eigenvalue weighted by Crippen LogP contribution is 2.25. The van der Waals surface area contributed by atoms with E-state index in [4.69, 9.17) is 16.3 Å². The third-order valence-electron chi connectivity index (χ3n) is 3.12. The Hall–Kier alpha value is -2.12. The van der Waals surface area contributed by atoms with Crippen molar-refractivity contribution in [1.82, 2.24) is 0 Å². The second-order valence-electron chi connectivity index (χ2n) is 5.12. The lowest BCUT2D eigenvalue weighted by Gasteiger charge is -2.15. The van der Waals surface area contributed by atoms with Crippen LogP contribution >= 0.6 is 11.6 Å². The van der Waals surface area contributed by atoms with E-state index in [0.717, 1.165) is 6.26 Å². The maximum atomic E-state index is 12.9. The molecule has 24 heavy (non-hydrogen) atoms. The van der Waals surface area contributed by atoms with E-state index in [0.29, 0.717) is 5.75 Å². The highest BCUT2D eigenvalue weighted by Gasteiger charge is 2.18. The van der Waals surface area contributed by atoms with Crippen LogP contribution in [0.3, 0.4) is 0 Å². The number of benzene rings is 2. The first-order chi connectivity index (χ1) is 11.2. The average molecular weight is 372 g/mol. The molecule has 0 aliphatic rings. The molecular weight excluding hydrogens is 357 g/mol. The van der Waals surface area contributed by atoms with Crippen molar-refractivity contribution in [2.24, 2.45) is 0 Å². The number of hydrogen-bond donors (Lipinski definition) is 1. The fourth-order valence-corrected chi connectivity index (χ4v) is 2.65. The Kier molecular flexibility index (Phi) is 5.46. The van der Waals surface area contributed by atoms with Crippen LogP contribution in [0.5, 0.6) is 5.75 Å². The topological polar surface area (TPSA) is 72.5 Å². The van der Waals surface area contributed by atoms with Crippen LogP contribution in [0.15, 0.2) is 47.4 Å². The first-order valence-corrected chi connectivity index (χ1v) is 9.16. The molecule has 0 heterocycles. The molecule has 0 fully saturated rings. The SMILES string of the molecule is C[C@@H](Oc1ccc(F)cc1)C(=O)Nc1cc(S(C)(=O)=O)ccc1Cl. The van der Waals surface area contributed by atoms with Crippen molar-refractivity contribution in [3.05, 3.63) is 53.3 Å². The van der Waals surface area contributed by atoms with E-state index in [-0.39, 0.29) is 15.6 Å². The maximum Gasteiger partial charge on any atom is 0.265 e. The van der Waals surface area contributed by atoms with Gasteiger partial charge in [0.25, 0.3) is 5.91 Å². The van der Waals surface area contributed by atoms with E-state index in [1.807, 2.05) is 0 Å². The number of amides is 1. The smallest absolute Gasteiger partial charge is 0.265 e. The number of carbonyl (C=O) groups is 1. The van der Waals surface area contributed by atoms with Crippen LogP contribution in [0.25, 0.3) is 0 Å². The highest BCUT2D eigenvalue weighted by molar-refractivity contribution is 7.90. The Morgan fingerprint density at radius 1 is 1.21 bits per heavy atom. The van der Waals surface area contributed by atoms with Gasteiger partial charge in [-0.15, -0.1) is 0 Å². The first kappa shape index (κ1) is 18.2. The Bertz CT molecular complexity index is 853. The van der Waals surface area contributed by atoms with Crippen LogP contribution < -0.4 is 10.1 Å². The predicted octanol–water partition coefficient (Wildman–Crippen LogP) is 3.29. The standard InChI is InChI=1S/C16H15ClFNO4S/c1-10(23-12-5-3-11(18)4-6-12)16(20)19-15-9-13(24(2,21)22)7-8-14(15)17/h3-10H,1-2H3,(H,19,20)/t10-/m1/s1.